The highest BCUT2D eigenvalue weighted by Crippen LogP contribution is 2.35. The number of hydrogen-bond donors (Lipinski definition) is 0. The van der Waals surface area contributed by atoms with Gasteiger partial charge < -0.3 is 9.47 Å². The lowest BCUT2D eigenvalue weighted by molar-refractivity contribution is 0.377. The first kappa shape index (κ1) is 17.0. The van der Waals surface area contributed by atoms with Gasteiger partial charge in [-0.05, 0) is 26.9 Å². The second-order valence-corrected chi connectivity index (χ2v) is 8.16. The summed E-state index contributed by atoms with van der Waals surface area (Å²) in [6, 6.07) is -0.286. The molecule has 1 saturated heterocycles. The van der Waals surface area contributed by atoms with Gasteiger partial charge in [-0.25, -0.2) is 13.4 Å². The Labute approximate surface area is 142 Å². The van der Waals surface area contributed by atoms with Gasteiger partial charge in [-0.2, -0.15) is 4.31 Å². The van der Waals surface area contributed by atoms with Crippen molar-refractivity contribution in [1.29, 1.82) is 0 Å². The average molecular weight is 350 g/mol. The monoisotopic (exact) mass is 350 g/mol. The lowest BCUT2D eigenvalue weighted by Crippen LogP contribution is -2.31. The van der Waals surface area contributed by atoms with Crippen molar-refractivity contribution >= 4 is 10.0 Å². The second-order valence-electron chi connectivity index (χ2n) is 6.32. The van der Waals surface area contributed by atoms with Gasteiger partial charge in [0.25, 0.3) is 10.0 Å². The van der Waals surface area contributed by atoms with Crippen molar-refractivity contribution in [1.82, 2.24) is 28.7 Å². The van der Waals surface area contributed by atoms with Crippen LogP contribution in [0, 0.1) is 0 Å². The van der Waals surface area contributed by atoms with Crippen LogP contribution in [-0.4, -0.2) is 57.8 Å². The molecule has 1 aliphatic heterocycles. The highest BCUT2D eigenvalue weighted by molar-refractivity contribution is 7.89. The Morgan fingerprint density at radius 1 is 1.33 bits per heavy atom. The van der Waals surface area contributed by atoms with Crippen LogP contribution >= 0.6 is 0 Å². The summed E-state index contributed by atoms with van der Waals surface area (Å²) in [4.78, 5) is 14.9. The third kappa shape index (κ3) is 3.33. The van der Waals surface area contributed by atoms with Gasteiger partial charge in [0.1, 0.15) is 0 Å². The number of aromatic nitrogens is 4. The topological polar surface area (TPSA) is 84.2 Å². The van der Waals surface area contributed by atoms with E-state index in [1.54, 1.807) is 24.0 Å². The zero-order valence-electron chi connectivity index (χ0n) is 14.1. The third-order valence-corrected chi connectivity index (χ3v) is 5.77. The molecule has 0 aromatic carbocycles. The molecule has 0 N–H and O–H groups in total. The molecule has 130 valence electrons. The van der Waals surface area contributed by atoms with Gasteiger partial charge in [-0.15, -0.1) is 0 Å². The fourth-order valence-electron chi connectivity index (χ4n) is 2.95. The molecule has 0 aliphatic carbocycles. The van der Waals surface area contributed by atoms with E-state index in [2.05, 4.69) is 15.0 Å². The Hall–Kier alpha value is -1.84. The van der Waals surface area contributed by atoms with Crippen molar-refractivity contribution < 1.29 is 8.42 Å². The van der Waals surface area contributed by atoms with Gasteiger partial charge in [-0.1, -0.05) is 0 Å². The first-order valence-electron chi connectivity index (χ1n) is 7.83. The first-order chi connectivity index (χ1) is 11.4. The smallest absolute Gasteiger partial charge is 0.262 e. The summed E-state index contributed by atoms with van der Waals surface area (Å²) in [5, 5.41) is 0.0781. The van der Waals surface area contributed by atoms with Crippen LogP contribution in [0.5, 0.6) is 0 Å². The van der Waals surface area contributed by atoms with E-state index in [1.807, 2.05) is 19.0 Å². The van der Waals surface area contributed by atoms with E-state index in [1.165, 1.54) is 16.8 Å². The minimum atomic E-state index is -3.63. The molecule has 9 heteroatoms. The van der Waals surface area contributed by atoms with Gasteiger partial charge in [0.15, 0.2) is 5.03 Å². The highest BCUT2D eigenvalue weighted by atomic mass is 32.2. The minimum absolute atomic E-state index is 0.0781. The molecule has 2 aromatic heterocycles. The standard InChI is InChI=1S/C15H22N6O2S/c1-19(2)9-12-7-16-8-13(18-12)14-5-4-6-21(14)24(22,23)15-10-20(3)11-17-15/h7-8,10-11,14H,4-6,9H2,1-3H3. The first-order valence-corrected chi connectivity index (χ1v) is 9.27. The van der Waals surface area contributed by atoms with E-state index in [-0.39, 0.29) is 11.1 Å². The van der Waals surface area contributed by atoms with Gasteiger partial charge in [0.2, 0.25) is 0 Å². The normalized spacial score (nSPS) is 19.2. The Bertz CT molecular complexity index is 817. The molecule has 0 saturated carbocycles. The Balaban J connectivity index is 1.91. The summed E-state index contributed by atoms with van der Waals surface area (Å²) in [5.74, 6) is 0. The molecule has 1 fully saturated rings. The van der Waals surface area contributed by atoms with Crippen LogP contribution in [0.2, 0.25) is 0 Å². The van der Waals surface area contributed by atoms with Gasteiger partial charge in [0, 0.05) is 32.5 Å². The fourth-order valence-corrected chi connectivity index (χ4v) is 4.59. The molecule has 0 spiro atoms. The van der Waals surface area contributed by atoms with Gasteiger partial charge in [0.05, 0.1) is 30.0 Å². The average Bonchev–Trinajstić information content (AvgIpc) is 3.16. The Morgan fingerprint density at radius 3 is 2.79 bits per heavy atom. The Kier molecular flexibility index (Phi) is 4.66. The summed E-state index contributed by atoms with van der Waals surface area (Å²) in [5.41, 5.74) is 1.53. The van der Waals surface area contributed by atoms with Crippen molar-refractivity contribution in [3.05, 3.63) is 36.3 Å². The summed E-state index contributed by atoms with van der Waals surface area (Å²) in [6.45, 7) is 1.14. The van der Waals surface area contributed by atoms with Crippen LogP contribution < -0.4 is 0 Å². The maximum absolute atomic E-state index is 12.9. The predicted octanol–water partition coefficient (Wildman–Crippen LogP) is 0.797. The molecule has 3 heterocycles. The van der Waals surface area contributed by atoms with Crippen LogP contribution in [0.4, 0.5) is 0 Å². The number of rotatable bonds is 5. The zero-order chi connectivity index (χ0) is 17.3. The van der Waals surface area contributed by atoms with E-state index in [4.69, 9.17) is 0 Å². The lowest BCUT2D eigenvalue weighted by atomic mass is 10.1. The summed E-state index contributed by atoms with van der Waals surface area (Å²) in [6.07, 6.45) is 7.95. The molecule has 8 nitrogen and oxygen atoms in total. The van der Waals surface area contributed by atoms with Crippen LogP contribution in [0.1, 0.15) is 30.3 Å². The van der Waals surface area contributed by atoms with Crippen LogP contribution in [0.25, 0.3) is 0 Å². The summed E-state index contributed by atoms with van der Waals surface area (Å²) in [7, 11) is 2.05. The molecule has 1 unspecified atom stereocenters. The van der Waals surface area contributed by atoms with E-state index in [0.29, 0.717) is 18.8 Å². The summed E-state index contributed by atoms with van der Waals surface area (Å²) < 4.78 is 28.9. The Morgan fingerprint density at radius 2 is 2.12 bits per heavy atom. The molecule has 0 amide bonds. The largest absolute Gasteiger partial charge is 0.339 e. The molecule has 1 atom stereocenters. The number of nitrogens with zero attached hydrogens (tertiary/aromatic N) is 6. The maximum atomic E-state index is 12.9. The molecule has 2 aromatic rings. The van der Waals surface area contributed by atoms with E-state index in [0.717, 1.165) is 18.5 Å². The van der Waals surface area contributed by atoms with Gasteiger partial charge >= 0.3 is 0 Å². The number of hydrogen-bond acceptors (Lipinski definition) is 6. The third-order valence-electron chi connectivity index (χ3n) is 3.98. The van der Waals surface area contributed by atoms with E-state index < -0.39 is 10.0 Å². The molecule has 3 rings (SSSR count). The molecule has 1 aliphatic rings. The van der Waals surface area contributed by atoms with Crippen molar-refractivity contribution in [2.24, 2.45) is 7.05 Å². The van der Waals surface area contributed by atoms with E-state index >= 15 is 0 Å². The predicted molar refractivity (Wildman–Crippen MR) is 88.5 cm³/mol. The van der Waals surface area contributed by atoms with Crippen molar-refractivity contribution in [2.45, 2.75) is 30.5 Å². The van der Waals surface area contributed by atoms with Crippen LogP contribution in [0.15, 0.2) is 29.9 Å². The van der Waals surface area contributed by atoms with E-state index in [9.17, 15) is 8.42 Å². The summed E-state index contributed by atoms with van der Waals surface area (Å²) >= 11 is 0. The van der Waals surface area contributed by atoms with Crippen molar-refractivity contribution in [3.63, 3.8) is 0 Å². The maximum Gasteiger partial charge on any atom is 0.262 e. The molecule has 0 radical (unpaired) electrons. The lowest BCUT2D eigenvalue weighted by Gasteiger charge is -2.23. The number of sulfonamides is 1. The van der Waals surface area contributed by atoms with Crippen LogP contribution in [0.3, 0.4) is 0 Å². The molecular formula is C15H22N6O2S. The number of aryl methyl sites for hydroxylation is 1. The fraction of sp³-hybridized carbons (Fsp3) is 0.533. The molecular weight excluding hydrogens is 328 g/mol. The quantitative estimate of drug-likeness (QED) is 0.793. The molecule has 24 heavy (non-hydrogen) atoms. The zero-order valence-corrected chi connectivity index (χ0v) is 14.9. The van der Waals surface area contributed by atoms with Crippen molar-refractivity contribution in [3.8, 4) is 0 Å². The highest BCUT2D eigenvalue weighted by Gasteiger charge is 2.38. The SMILES string of the molecule is CN(C)Cc1cncc(C2CCCN2S(=O)(=O)c2cn(C)cn2)n1. The van der Waals surface area contributed by atoms with Gasteiger partial charge in [-0.3, -0.25) is 9.97 Å². The van der Waals surface area contributed by atoms with Crippen molar-refractivity contribution in [2.75, 3.05) is 20.6 Å². The van der Waals surface area contributed by atoms with Crippen LogP contribution in [-0.2, 0) is 23.6 Å². The molecule has 0 bridgehead atoms. The second kappa shape index (κ2) is 6.58. The minimum Gasteiger partial charge on any atom is -0.339 e. The number of imidazole rings is 1.